The lowest BCUT2D eigenvalue weighted by molar-refractivity contribution is -0.367. The molecule has 0 aliphatic rings. The van der Waals surface area contributed by atoms with Crippen LogP contribution in [0.25, 0.3) is 0 Å². The second kappa shape index (κ2) is 9.18. The van der Waals surface area contributed by atoms with E-state index in [1.54, 1.807) is 0 Å². The number of benzene rings is 1. The average molecular weight is 371 g/mol. The Labute approximate surface area is 149 Å². The largest absolute Gasteiger partial charge is 0.474 e. The minimum atomic E-state index is 0.0816. The molecule has 0 amide bonds. The fraction of sp³-hybridized carbons (Fsp3) is 0.286. The fourth-order valence-corrected chi connectivity index (χ4v) is 3.54. The molecule has 1 rings (SSSR count). The van der Waals surface area contributed by atoms with E-state index < -0.39 is 0 Å². The molecule has 24 heavy (non-hydrogen) atoms. The van der Waals surface area contributed by atoms with Gasteiger partial charge in [-0.05, 0) is 36.1 Å². The van der Waals surface area contributed by atoms with Crippen LogP contribution in [0.15, 0.2) is 12.1 Å². The van der Waals surface area contributed by atoms with Crippen molar-refractivity contribution in [3.63, 3.8) is 0 Å². The summed E-state index contributed by atoms with van der Waals surface area (Å²) in [5.41, 5.74) is 26.2. The van der Waals surface area contributed by atoms with Gasteiger partial charge in [-0.25, -0.2) is 0 Å². The third kappa shape index (κ3) is 6.92. The average Bonchev–Trinajstić information content (AvgIpc) is 2.44. The predicted molar refractivity (Wildman–Crippen MR) is 101 cm³/mol. The van der Waals surface area contributed by atoms with Crippen molar-refractivity contribution in [3.8, 4) is 0 Å². The third-order valence-corrected chi connectivity index (χ3v) is 4.83. The minimum Gasteiger partial charge on any atom is -0.331 e. The lowest BCUT2D eigenvalue weighted by Gasteiger charge is -2.09. The van der Waals surface area contributed by atoms with Crippen LogP contribution in [0.1, 0.15) is 22.3 Å². The van der Waals surface area contributed by atoms with Crippen molar-refractivity contribution in [1.29, 1.82) is 0 Å². The molecule has 0 unspecified atom stereocenters. The summed E-state index contributed by atoms with van der Waals surface area (Å²) in [6.07, 6.45) is 0. The molecule has 130 valence electrons. The topological polar surface area (TPSA) is 183 Å². The number of nitrogens with one attached hydrogen (secondary N) is 2. The maximum Gasteiger partial charge on any atom is 0.474 e. The summed E-state index contributed by atoms with van der Waals surface area (Å²) < 4.78 is 0. The Morgan fingerprint density at radius 1 is 0.833 bits per heavy atom. The zero-order valence-electron chi connectivity index (χ0n) is 13.8. The molecule has 0 aromatic heterocycles. The monoisotopic (exact) mass is 370 g/mol. The smallest absolute Gasteiger partial charge is 0.331 e. The van der Waals surface area contributed by atoms with Crippen LogP contribution < -0.4 is 43.7 Å². The van der Waals surface area contributed by atoms with Crippen molar-refractivity contribution < 1.29 is 20.8 Å². The highest BCUT2D eigenvalue weighted by Gasteiger charge is 2.15. The van der Waals surface area contributed by atoms with E-state index in [4.69, 9.17) is 33.8 Å². The molecular formula is C14H26N8S2+4. The van der Waals surface area contributed by atoms with Gasteiger partial charge < -0.3 is 22.9 Å². The number of thioether (sulfide) groups is 2. The maximum atomic E-state index is 5.80. The van der Waals surface area contributed by atoms with Crippen molar-refractivity contribution in [2.75, 3.05) is 0 Å². The van der Waals surface area contributed by atoms with Gasteiger partial charge in [-0.3, -0.25) is 0 Å². The van der Waals surface area contributed by atoms with E-state index in [-0.39, 0.29) is 11.9 Å². The number of amidine groups is 2. The summed E-state index contributed by atoms with van der Waals surface area (Å²) in [6, 6.07) is 4.29. The maximum absolute atomic E-state index is 5.80. The Morgan fingerprint density at radius 2 is 1.17 bits per heavy atom. The van der Waals surface area contributed by atoms with Crippen LogP contribution in [0.2, 0.25) is 0 Å². The molecule has 0 radical (unpaired) electrons. The molecule has 0 aliphatic heterocycles. The van der Waals surface area contributed by atoms with Crippen molar-refractivity contribution in [1.82, 2.24) is 0 Å². The second-order valence-corrected chi connectivity index (χ2v) is 7.21. The third-order valence-electron chi connectivity index (χ3n) is 3.10. The fourth-order valence-electron chi connectivity index (χ4n) is 1.91. The molecule has 0 heterocycles. The number of nitrogens with two attached hydrogens (primary N) is 6. The molecule has 0 saturated heterocycles. The Balaban J connectivity index is 2.75. The van der Waals surface area contributed by atoms with E-state index in [9.17, 15) is 0 Å². The first-order chi connectivity index (χ1) is 11.2. The first-order valence-electron chi connectivity index (χ1n) is 7.08. The van der Waals surface area contributed by atoms with Crippen molar-refractivity contribution in [2.24, 2.45) is 22.9 Å². The first-order valence-corrected chi connectivity index (χ1v) is 9.05. The van der Waals surface area contributed by atoms with Crippen LogP contribution in [0.4, 0.5) is 0 Å². The van der Waals surface area contributed by atoms with Gasteiger partial charge in [0.05, 0.1) is 0 Å². The molecule has 1 aromatic carbocycles. The molecule has 14 N–H and O–H groups in total. The molecule has 0 aliphatic carbocycles. The summed E-state index contributed by atoms with van der Waals surface area (Å²) in [5.74, 6) is 1.61. The lowest BCUT2D eigenvalue weighted by atomic mass is 10.0. The van der Waals surface area contributed by atoms with Crippen LogP contribution >= 0.6 is 23.5 Å². The summed E-state index contributed by atoms with van der Waals surface area (Å²) in [5, 5.41) is 12.5. The molecule has 0 spiro atoms. The summed E-state index contributed by atoms with van der Waals surface area (Å²) in [7, 11) is 0. The Bertz CT molecular complexity index is 629. The van der Waals surface area contributed by atoms with Crippen molar-refractivity contribution in [2.45, 2.75) is 25.4 Å². The quantitative estimate of drug-likeness (QED) is 0.192. The van der Waals surface area contributed by atoms with Gasteiger partial charge in [-0.1, -0.05) is 12.1 Å². The van der Waals surface area contributed by atoms with E-state index >= 15 is 0 Å². The lowest BCUT2D eigenvalue weighted by Crippen LogP contribution is -2.86. The zero-order valence-corrected chi connectivity index (χ0v) is 15.5. The molecule has 8 nitrogen and oxygen atoms in total. The summed E-state index contributed by atoms with van der Waals surface area (Å²) >= 11 is 2.89. The van der Waals surface area contributed by atoms with Crippen LogP contribution in [0.3, 0.4) is 0 Å². The second-order valence-electron chi connectivity index (χ2n) is 5.17. The Hall–Kier alpha value is -2.20. The van der Waals surface area contributed by atoms with Gasteiger partial charge in [0.25, 0.3) is 0 Å². The highest BCUT2D eigenvalue weighted by molar-refractivity contribution is 8.12. The highest BCUT2D eigenvalue weighted by atomic mass is 32.2. The zero-order chi connectivity index (χ0) is 18.3. The first kappa shape index (κ1) is 19.8. The van der Waals surface area contributed by atoms with Crippen LogP contribution in [-0.2, 0) is 11.5 Å². The SMILES string of the molecule is Cc1cc(CSC(=[NH2+])[NH+]=C(N)N)c(C)cc1CSC(=[NH2+])[NH+]=C(N)N. The predicted octanol–water partition coefficient (Wildman–Crippen LogP) is -6.29. The van der Waals surface area contributed by atoms with E-state index in [1.807, 2.05) is 0 Å². The molecule has 1 aromatic rings. The van der Waals surface area contributed by atoms with Gasteiger partial charge in [0.2, 0.25) is 0 Å². The standard InChI is InChI=1S/C14H22N8S2/c1-7-3-10(6-24-14(20)22-12(17)18)8(2)4-9(7)5-23-13(19)21-11(15)16/h3-4H,5-6H2,1-2H3,(H5,15,16,19,21)(H5,17,18,20,22)/p+4. The van der Waals surface area contributed by atoms with Crippen LogP contribution in [0.5, 0.6) is 0 Å². The van der Waals surface area contributed by atoms with Crippen LogP contribution in [-0.4, -0.2) is 22.3 Å². The van der Waals surface area contributed by atoms with Gasteiger partial charge >= 0.3 is 22.3 Å². The number of hydrogen-bond acceptors (Lipinski definition) is 2. The molecule has 0 fully saturated rings. The molecule has 0 bridgehead atoms. The van der Waals surface area contributed by atoms with E-state index in [0.29, 0.717) is 10.3 Å². The molecule has 0 atom stereocenters. The van der Waals surface area contributed by atoms with Crippen molar-refractivity contribution >= 4 is 45.8 Å². The summed E-state index contributed by atoms with van der Waals surface area (Å²) in [6.45, 7) is 4.13. The molecular weight excluding hydrogens is 344 g/mol. The Kier molecular flexibility index (Phi) is 7.59. The van der Waals surface area contributed by atoms with Crippen molar-refractivity contribution in [3.05, 3.63) is 34.4 Å². The van der Waals surface area contributed by atoms with Crippen LogP contribution in [0, 0.1) is 13.8 Å². The number of rotatable bonds is 4. The Morgan fingerprint density at radius 3 is 1.46 bits per heavy atom. The number of guanidine groups is 2. The number of hydrogen-bond donors (Lipinski definition) is 8. The molecule has 0 saturated carbocycles. The van der Waals surface area contributed by atoms with E-state index in [1.165, 1.54) is 45.8 Å². The van der Waals surface area contributed by atoms with Gasteiger partial charge in [0.15, 0.2) is 0 Å². The van der Waals surface area contributed by atoms with Gasteiger partial charge in [0.1, 0.15) is 0 Å². The normalized spacial score (nSPS) is 10.1. The minimum absolute atomic E-state index is 0.0816. The van der Waals surface area contributed by atoms with E-state index in [2.05, 4.69) is 36.0 Å². The van der Waals surface area contributed by atoms with Gasteiger partial charge in [-0.15, -0.1) is 9.98 Å². The number of aryl methyl sites for hydroxylation is 2. The van der Waals surface area contributed by atoms with Gasteiger partial charge in [0, 0.05) is 35.0 Å². The molecule has 10 heteroatoms. The summed E-state index contributed by atoms with van der Waals surface area (Å²) in [4.78, 5) is 5.37. The highest BCUT2D eigenvalue weighted by Crippen LogP contribution is 2.22. The van der Waals surface area contributed by atoms with Gasteiger partial charge in [-0.2, -0.15) is 10.8 Å². The van der Waals surface area contributed by atoms with E-state index in [0.717, 1.165) is 11.5 Å².